The summed E-state index contributed by atoms with van der Waals surface area (Å²) < 4.78 is 2.05. The third kappa shape index (κ3) is 1.31. The first kappa shape index (κ1) is 9.26. The molecule has 82 valence electrons. The summed E-state index contributed by atoms with van der Waals surface area (Å²) >= 11 is 3.15. The highest BCUT2D eigenvalue weighted by Gasteiger charge is 2.12. The molecule has 0 aliphatic rings. The van der Waals surface area contributed by atoms with Crippen molar-refractivity contribution in [3.63, 3.8) is 0 Å². The van der Waals surface area contributed by atoms with E-state index in [1.165, 1.54) is 0 Å². The third-order valence-electron chi connectivity index (χ3n) is 2.53. The average Bonchev–Trinajstić information content (AvgIpc) is 3.03. The fraction of sp³-hybridized carbons (Fsp3) is 0. The molecular formula is C11H6N4S2. The van der Waals surface area contributed by atoms with Crippen molar-refractivity contribution in [3.8, 4) is 10.7 Å². The number of rotatable bonds is 1. The average molecular weight is 258 g/mol. The maximum atomic E-state index is 4.51. The maximum Gasteiger partial charge on any atom is 0.246 e. The number of thiazole rings is 1. The van der Waals surface area contributed by atoms with Gasteiger partial charge in [-0.05, 0) is 23.7 Å². The molecule has 0 unspecified atom stereocenters. The molecule has 3 aromatic heterocycles. The zero-order valence-corrected chi connectivity index (χ0v) is 10.2. The predicted octanol–water partition coefficient (Wildman–Crippen LogP) is 3.07. The Kier molecular flexibility index (Phi) is 1.82. The van der Waals surface area contributed by atoms with Crippen LogP contribution in [0, 0.1) is 0 Å². The first-order valence-electron chi connectivity index (χ1n) is 5.05. The Morgan fingerprint density at radius 1 is 1.12 bits per heavy atom. The summed E-state index contributed by atoms with van der Waals surface area (Å²) in [5, 5.41) is 2.92. The standard InChI is InChI=1S/C11H6N4S2/c1-2-4-9-7(3-1)13-11-14-10(17-15(9)11)8-5-16-6-12-8/h1-6H. The van der Waals surface area contributed by atoms with Gasteiger partial charge in [-0.3, -0.25) is 0 Å². The molecule has 3 heterocycles. The molecule has 0 radical (unpaired) electrons. The Balaban J connectivity index is 2.05. The quantitative estimate of drug-likeness (QED) is 0.527. The molecule has 1 aromatic carbocycles. The van der Waals surface area contributed by atoms with Gasteiger partial charge in [0.25, 0.3) is 0 Å². The van der Waals surface area contributed by atoms with E-state index in [4.69, 9.17) is 0 Å². The highest BCUT2D eigenvalue weighted by molar-refractivity contribution is 7.11. The lowest BCUT2D eigenvalue weighted by molar-refractivity contribution is 1.28. The highest BCUT2D eigenvalue weighted by atomic mass is 32.1. The van der Waals surface area contributed by atoms with Crippen LogP contribution in [0.2, 0.25) is 0 Å². The second-order valence-electron chi connectivity index (χ2n) is 3.58. The van der Waals surface area contributed by atoms with Gasteiger partial charge in [0.05, 0.1) is 16.5 Å². The Hall–Kier alpha value is -1.79. The van der Waals surface area contributed by atoms with Crippen LogP contribution in [0.15, 0.2) is 35.2 Å². The minimum Gasteiger partial charge on any atom is -0.242 e. The number of aromatic nitrogens is 4. The Morgan fingerprint density at radius 2 is 2.06 bits per heavy atom. The molecule has 4 aromatic rings. The first-order valence-corrected chi connectivity index (χ1v) is 6.76. The van der Waals surface area contributed by atoms with Crippen molar-refractivity contribution >= 4 is 39.7 Å². The van der Waals surface area contributed by atoms with E-state index < -0.39 is 0 Å². The molecule has 0 bridgehead atoms. The van der Waals surface area contributed by atoms with E-state index in [0.29, 0.717) is 0 Å². The van der Waals surface area contributed by atoms with Gasteiger partial charge in [0.15, 0.2) is 5.01 Å². The van der Waals surface area contributed by atoms with Gasteiger partial charge in [-0.25, -0.2) is 13.8 Å². The molecule has 0 saturated heterocycles. The molecule has 4 nitrogen and oxygen atoms in total. The summed E-state index contributed by atoms with van der Waals surface area (Å²) in [7, 11) is 0. The van der Waals surface area contributed by atoms with Crippen molar-refractivity contribution in [1.82, 2.24) is 18.7 Å². The minimum absolute atomic E-state index is 0.749. The number of nitrogens with zero attached hydrogens (tertiary/aromatic N) is 4. The molecule has 0 spiro atoms. The van der Waals surface area contributed by atoms with E-state index >= 15 is 0 Å². The van der Waals surface area contributed by atoms with E-state index in [9.17, 15) is 0 Å². The molecule has 17 heavy (non-hydrogen) atoms. The van der Waals surface area contributed by atoms with E-state index in [-0.39, 0.29) is 0 Å². The van der Waals surface area contributed by atoms with Gasteiger partial charge in [0.1, 0.15) is 5.69 Å². The lowest BCUT2D eigenvalue weighted by Crippen LogP contribution is -1.74. The van der Waals surface area contributed by atoms with Crippen LogP contribution < -0.4 is 0 Å². The van der Waals surface area contributed by atoms with Gasteiger partial charge in [0.2, 0.25) is 5.78 Å². The normalized spacial score (nSPS) is 11.5. The third-order valence-corrected chi connectivity index (χ3v) is 4.14. The fourth-order valence-corrected chi connectivity index (χ4v) is 3.30. The summed E-state index contributed by atoms with van der Waals surface area (Å²) in [5.41, 5.74) is 4.82. The Morgan fingerprint density at radius 3 is 2.94 bits per heavy atom. The van der Waals surface area contributed by atoms with Crippen LogP contribution in [0.4, 0.5) is 0 Å². The maximum absolute atomic E-state index is 4.51. The SMILES string of the molecule is c1ccc2c(c1)nc1nc(-c3cscn3)sn12. The van der Waals surface area contributed by atoms with Crippen molar-refractivity contribution in [2.24, 2.45) is 0 Å². The summed E-state index contributed by atoms with van der Waals surface area (Å²) in [6, 6.07) is 8.05. The van der Waals surface area contributed by atoms with Crippen LogP contribution in [-0.2, 0) is 0 Å². The van der Waals surface area contributed by atoms with Gasteiger partial charge in [0, 0.05) is 5.38 Å². The molecule has 6 heteroatoms. The van der Waals surface area contributed by atoms with Gasteiger partial charge in [-0.1, -0.05) is 12.1 Å². The van der Waals surface area contributed by atoms with Crippen molar-refractivity contribution in [2.75, 3.05) is 0 Å². The summed E-state index contributed by atoms with van der Waals surface area (Å²) in [4.78, 5) is 13.3. The number of hydrogen-bond donors (Lipinski definition) is 0. The number of benzene rings is 1. The van der Waals surface area contributed by atoms with Gasteiger partial charge < -0.3 is 0 Å². The molecular weight excluding hydrogens is 252 g/mol. The predicted molar refractivity (Wildman–Crippen MR) is 69.5 cm³/mol. The number of imidazole rings is 1. The molecule has 0 atom stereocenters. The summed E-state index contributed by atoms with van der Waals surface area (Å²) in [6.07, 6.45) is 0. The van der Waals surface area contributed by atoms with Crippen molar-refractivity contribution in [3.05, 3.63) is 35.2 Å². The number of para-hydroxylation sites is 2. The van der Waals surface area contributed by atoms with Crippen LogP contribution in [0.25, 0.3) is 27.5 Å². The largest absolute Gasteiger partial charge is 0.246 e. The number of hydrogen-bond acceptors (Lipinski definition) is 5. The molecule has 0 aliphatic carbocycles. The highest BCUT2D eigenvalue weighted by Crippen LogP contribution is 2.26. The van der Waals surface area contributed by atoms with Crippen molar-refractivity contribution < 1.29 is 0 Å². The minimum atomic E-state index is 0.749. The van der Waals surface area contributed by atoms with Crippen molar-refractivity contribution in [1.29, 1.82) is 0 Å². The summed E-state index contributed by atoms with van der Waals surface area (Å²) in [5.74, 6) is 0.749. The van der Waals surface area contributed by atoms with E-state index in [1.807, 2.05) is 32.9 Å². The smallest absolute Gasteiger partial charge is 0.242 e. The summed E-state index contributed by atoms with van der Waals surface area (Å²) in [6.45, 7) is 0. The van der Waals surface area contributed by atoms with Crippen LogP contribution in [0.3, 0.4) is 0 Å². The Labute approximate surface area is 104 Å². The van der Waals surface area contributed by atoms with E-state index in [2.05, 4.69) is 21.0 Å². The van der Waals surface area contributed by atoms with E-state index in [0.717, 1.165) is 27.5 Å². The second kappa shape index (κ2) is 3.35. The van der Waals surface area contributed by atoms with Crippen LogP contribution >= 0.6 is 22.9 Å². The molecule has 0 N–H and O–H groups in total. The van der Waals surface area contributed by atoms with Gasteiger partial charge in [-0.2, -0.15) is 4.98 Å². The first-order chi connectivity index (χ1) is 8.42. The molecule has 0 aliphatic heterocycles. The van der Waals surface area contributed by atoms with Gasteiger partial charge in [-0.15, -0.1) is 11.3 Å². The monoisotopic (exact) mass is 258 g/mol. The molecule has 0 saturated carbocycles. The fourth-order valence-electron chi connectivity index (χ4n) is 1.77. The topological polar surface area (TPSA) is 43.1 Å². The van der Waals surface area contributed by atoms with Crippen LogP contribution in [0.5, 0.6) is 0 Å². The molecule has 0 amide bonds. The molecule has 0 fully saturated rings. The lowest BCUT2D eigenvalue weighted by Gasteiger charge is -1.87. The number of fused-ring (bicyclic) bond motifs is 3. The lowest BCUT2D eigenvalue weighted by atomic mass is 10.3. The van der Waals surface area contributed by atoms with Crippen molar-refractivity contribution in [2.45, 2.75) is 0 Å². The second-order valence-corrected chi connectivity index (χ2v) is 5.23. The Bertz CT molecular complexity index is 797. The van der Waals surface area contributed by atoms with Gasteiger partial charge >= 0.3 is 0 Å². The van der Waals surface area contributed by atoms with Crippen LogP contribution in [0.1, 0.15) is 0 Å². The van der Waals surface area contributed by atoms with E-state index in [1.54, 1.807) is 22.9 Å². The molecule has 4 rings (SSSR count). The van der Waals surface area contributed by atoms with Crippen LogP contribution in [-0.4, -0.2) is 18.7 Å². The zero-order chi connectivity index (χ0) is 11.2. The zero-order valence-electron chi connectivity index (χ0n) is 8.57.